The van der Waals surface area contributed by atoms with E-state index in [4.69, 9.17) is 4.74 Å². The summed E-state index contributed by atoms with van der Waals surface area (Å²) in [7, 11) is 1.60. The molecule has 0 aliphatic carbocycles. The average Bonchev–Trinajstić information content (AvgIpc) is 2.18. The molecule has 3 nitrogen and oxygen atoms in total. The van der Waals surface area contributed by atoms with Crippen molar-refractivity contribution in [3.63, 3.8) is 0 Å². The van der Waals surface area contributed by atoms with Gasteiger partial charge >= 0.3 is 0 Å². The summed E-state index contributed by atoms with van der Waals surface area (Å²) in [5, 5.41) is 2.75. The molecule has 14 heavy (non-hydrogen) atoms. The molecule has 0 atom stereocenters. The van der Waals surface area contributed by atoms with Crippen molar-refractivity contribution in [1.82, 2.24) is 5.32 Å². The van der Waals surface area contributed by atoms with Crippen LogP contribution < -0.4 is 5.32 Å². The highest BCUT2D eigenvalue weighted by molar-refractivity contribution is 9.10. The molecule has 1 aromatic rings. The van der Waals surface area contributed by atoms with Crippen molar-refractivity contribution in [3.05, 3.63) is 34.3 Å². The van der Waals surface area contributed by atoms with E-state index in [2.05, 4.69) is 21.2 Å². The number of hydrogen-bond acceptors (Lipinski definition) is 2. The summed E-state index contributed by atoms with van der Waals surface area (Å²) in [4.78, 5) is 11.5. The SMILES string of the molecule is COCCNC(=O)c1ccccc1Br. The third kappa shape index (κ3) is 3.12. The summed E-state index contributed by atoms with van der Waals surface area (Å²) in [6, 6.07) is 7.31. The molecule has 0 saturated heterocycles. The van der Waals surface area contributed by atoms with Gasteiger partial charge in [-0.15, -0.1) is 0 Å². The molecule has 0 spiro atoms. The Kier molecular flexibility index (Phi) is 4.62. The van der Waals surface area contributed by atoms with Crippen molar-refractivity contribution < 1.29 is 9.53 Å². The lowest BCUT2D eigenvalue weighted by atomic mass is 10.2. The smallest absolute Gasteiger partial charge is 0.252 e. The molecule has 0 radical (unpaired) electrons. The van der Waals surface area contributed by atoms with Crippen LogP contribution in [0.3, 0.4) is 0 Å². The zero-order valence-electron chi connectivity index (χ0n) is 7.92. The Morgan fingerprint density at radius 2 is 2.21 bits per heavy atom. The maximum atomic E-state index is 11.5. The minimum Gasteiger partial charge on any atom is -0.383 e. The van der Waals surface area contributed by atoms with Gasteiger partial charge in [0.05, 0.1) is 12.2 Å². The molecule has 0 heterocycles. The summed E-state index contributed by atoms with van der Waals surface area (Å²) in [6.07, 6.45) is 0. The lowest BCUT2D eigenvalue weighted by Crippen LogP contribution is -2.27. The largest absolute Gasteiger partial charge is 0.383 e. The molecule has 0 aliphatic heterocycles. The van der Waals surface area contributed by atoms with E-state index in [0.717, 1.165) is 4.47 Å². The molecular formula is C10H12BrNO2. The zero-order chi connectivity index (χ0) is 10.4. The summed E-state index contributed by atoms with van der Waals surface area (Å²) in [6.45, 7) is 1.05. The molecule has 0 bridgehead atoms. The van der Waals surface area contributed by atoms with E-state index in [1.165, 1.54) is 0 Å². The van der Waals surface area contributed by atoms with Gasteiger partial charge in [-0.05, 0) is 28.1 Å². The fourth-order valence-electron chi connectivity index (χ4n) is 1.01. The third-order valence-corrected chi connectivity index (χ3v) is 2.40. The fraction of sp³-hybridized carbons (Fsp3) is 0.300. The lowest BCUT2D eigenvalue weighted by Gasteiger charge is -2.05. The van der Waals surface area contributed by atoms with Crippen LogP contribution in [-0.4, -0.2) is 26.2 Å². The van der Waals surface area contributed by atoms with Crippen LogP contribution in [0.15, 0.2) is 28.7 Å². The number of carbonyl (C=O) groups is 1. The number of hydrogen-bond donors (Lipinski definition) is 1. The summed E-state index contributed by atoms with van der Waals surface area (Å²) >= 11 is 3.31. The van der Waals surface area contributed by atoms with Gasteiger partial charge in [0.25, 0.3) is 5.91 Å². The number of methoxy groups -OCH3 is 1. The first-order valence-corrected chi connectivity index (χ1v) is 5.06. The molecular weight excluding hydrogens is 246 g/mol. The Morgan fingerprint density at radius 1 is 1.50 bits per heavy atom. The van der Waals surface area contributed by atoms with Gasteiger partial charge in [0.2, 0.25) is 0 Å². The Labute approximate surface area is 91.6 Å². The molecule has 0 fully saturated rings. The summed E-state index contributed by atoms with van der Waals surface area (Å²) in [5.74, 6) is -0.0884. The number of nitrogens with one attached hydrogen (secondary N) is 1. The van der Waals surface area contributed by atoms with Crippen LogP contribution in [0.1, 0.15) is 10.4 Å². The minimum absolute atomic E-state index is 0.0884. The highest BCUT2D eigenvalue weighted by Gasteiger charge is 2.07. The van der Waals surface area contributed by atoms with Crippen molar-refractivity contribution in [3.8, 4) is 0 Å². The van der Waals surface area contributed by atoms with E-state index in [-0.39, 0.29) is 5.91 Å². The Bertz CT molecular complexity index is 315. The first-order chi connectivity index (χ1) is 6.75. The number of rotatable bonds is 4. The topological polar surface area (TPSA) is 38.3 Å². The van der Waals surface area contributed by atoms with E-state index in [1.54, 1.807) is 13.2 Å². The quantitative estimate of drug-likeness (QED) is 0.836. The second-order valence-electron chi connectivity index (χ2n) is 2.73. The minimum atomic E-state index is -0.0884. The molecule has 76 valence electrons. The maximum absolute atomic E-state index is 11.5. The summed E-state index contributed by atoms with van der Waals surface area (Å²) < 4.78 is 5.63. The molecule has 0 aromatic heterocycles. The number of amides is 1. The van der Waals surface area contributed by atoms with Crippen molar-refractivity contribution >= 4 is 21.8 Å². The van der Waals surface area contributed by atoms with Gasteiger partial charge in [0.15, 0.2) is 0 Å². The van der Waals surface area contributed by atoms with Gasteiger partial charge in [0.1, 0.15) is 0 Å². The standard InChI is InChI=1S/C10H12BrNO2/c1-14-7-6-12-10(13)8-4-2-3-5-9(8)11/h2-5H,6-7H2,1H3,(H,12,13). The van der Waals surface area contributed by atoms with Crippen molar-refractivity contribution in [2.45, 2.75) is 0 Å². The monoisotopic (exact) mass is 257 g/mol. The molecule has 0 aliphatic rings. The van der Waals surface area contributed by atoms with Crippen molar-refractivity contribution in [2.24, 2.45) is 0 Å². The van der Waals surface area contributed by atoms with Gasteiger partial charge in [-0.25, -0.2) is 0 Å². The summed E-state index contributed by atoms with van der Waals surface area (Å²) in [5.41, 5.74) is 0.642. The van der Waals surface area contributed by atoms with Crippen LogP contribution in [0.25, 0.3) is 0 Å². The van der Waals surface area contributed by atoms with Crippen LogP contribution in [0.5, 0.6) is 0 Å². The number of carbonyl (C=O) groups excluding carboxylic acids is 1. The number of benzene rings is 1. The van der Waals surface area contributed by atoms with Crippen LogP contribution in [0.4, 0.5) is 0 Å². The molecule has 1 aromatic carbocycles. The maximum Gasteiger partial charge on any atom is 0.252 e. The van der Waals surface area contributed by atoms with Gasteiger partial charge in [-0.3, -0.25) is 4.79 Å². The number of halogens is 1. The molecule has 1 rings (SSSR count). The van der Waals surface area contributed by atoms with E-state index in [9.17, 15) is 4.79 Å². The van der Waals surface area contributed by atoms with Gasteiger partial charge in [-0.2, -0.15) is 0 Å². The normalized spacial score (nSPS) is 9.86. The van der Waals surface area contributed by atoms with Crippen LogP contribution >= 0.6 is 15.9 Å². The van der Waals surface area contributed by atoms with Crippen LogP contribution in [0, 0.1) is 0 Å². The fourth-order valence-corrected chi connectivity index (χ4v) is 1.47. The van der Waals surface area contributed by atoms with Gasteiger partial charge in [0, 0.05) is 18.1 Å². The molecule has 0 unspecified atom stereocenters. The average molecular weight is 258 g/mol. The third-order valence-electron chi connectivity index (χ3n) is 1.71. The van der Waals surface area contributed by atoms with E-state index >= 15 is 0 Å². The van der Waals surface area contributed by atoms with E-state index in [1.807, 2.05) is 18.2 Å². The Morgan fingerprint density at radius 3 is 2.86 bits per heavy atom. The second-order valence-corrected chi connectivity index (χ2v) is 3.58. The first kappa shape index (κ1) is 11.2. The molecule has 1 N–H and O–H groups in total. The number of ether oxygens (including phenoxy) is 1. The van der Waals surface area contributed by atoms with E-state index < -0.39 is 0 Å². The zero-order valence-corrected chi connectivity index (χ0v) is 9.50. The lowest BCUT2D eigenvalue weighted by molar-refractivity contribution is 0.0936. The van der Waals surface area contributed by atoms with Crippen molar-refractivity contribution in [2.75, 3.05) is 20.3 Å². The first-order valence-electron chi connectivity index (χ1n) is 4.27. The molecule has 4 heteroatoms. The Balaban J connectivity index is 2.56. The highest BCUT2D eigenvalue weighted by Crippen LogP contribution is 2.15. The molecule has 1 amide bonds. The van der Waals surface area contributed by atoms with Crippen LogP contribution in [0.2, 0.25) is 0 Å². The molecule has 0 saturated carbocycles. The second kappa shape index (κ2) is 5.78. The Hall–Kier alpha value is -0.870. The van der Waals surface area contributed by atoms with Crippen molar-refractivity contribution in [1.29, 1.82) is 0 Å². The van der Waals surface area contributed by atoms with Crippen LogP contribution in [-0.2, 0) is 4.74 Å². The van der Waals surface area contributed by atoms with Gasteiger partial charge < -0.3 is 10.1 Å². The highest BCUT2D eigenvalue weighted by atomic mass is 79.9. The predicted octanol–water partition coefficient (Wildman–Crippen LogP) is 1.83. The predicted molar refractivity (Wildman–Crippen MR) is 58.4 cm³/mol. The van der Waals surface area contributed by atoms with Gasteiger partial charge in [-0.1, -0.05) is 12.1 Å². The van der Waals surface area contributed by atoms with E-state index in [0.29, 0.717) is 18.7 Å².